The molecule has 96 valence electrons. The summed E-state index contributed by atoms with van der Waals surface area (Å²) in [5, 5.41) is 11.0. The number of carboxylic acid groups (broad SMARTS) is 1. The fourth-order valence-electron chi connectivity index (χ4n) is 1.49. The molecule has 2 rings (SSSR count). The maximum Gasteiger partial charge on any atom is 0.312 e. The lowest BCUT2D eigenvalue weighted by Crippen LogP contribution is -2.18. The first-order valence-electron chi connectivity index (χ1n) is 5.17. The number of aliphatic carboxylic acids is 1. The van der Waals surface area contributed by atoms with E-state index in [0.29, 0.717) is 34.9 Å². The first-order chi connectivity index (χ1) is 8.56. The van der Waals surface area contributed by atoms with E-state index in [9.17, 15) is 9.59 Å². The molecule has 7 heteroatoms. The Kier molecular flexibility index (Phi) is 3.71. The Morgan fingerprint density at radius 1 is 1.28 bits per heavy atom. The molecule has 0 aliphatic carbocycles. The molecule has 2 N–H and O–H groups in total. The molecule has 1 amide bonds. The van der Waals surface area contributed by atoms with Crippen molar-refractivity contribution in [1.29, 1.82) is 0 Å². The summed E-state index contributed by atoms with van der Waals surface area (Å²) in [5.41, 5.74) is 0.450. The van der Waals surface area contributed by atoms with Crippen LogP contribution in [0.15, 0.2) is 16.6 Å². The fourth-order valence-corrected chi connectivity index (χ4v) is 1.91. The minimum Gasteiger partial charge on any atom is -0.486 e. The number of carbonyl (C=O) groups excluding carboxylic acids is 1. The van der Waals surface area contributed by atoms with Gasteiger partial charge in [0.2, 0.25) is 5.91 Å². The number of nitrogens with one attached hydrogen (secondary N) is 1. The second-order valence-electron chi connectivity index (χ2n) is 3.59. The molecule has 1 heterocycles. The normalized spacial score (nSPS) is 12.9. The molecule has 0 atom stereocenters. The van der Waals surface area contributed by atoms with Gasteiger partial charge in [0, 0.05) is 16.6 Å². The van der Waals surface area contributed by atoms with Crippen LogP contribution in [0.4, 0.5) is 5.69 Å². The van der Waals surface area contributed by atoms with Crippen LogP contribution in [-0.4, -0.2) is 30.2 Å². The predicted molar refractivity (Wildman–Crippen MR) is 66.0 cm³/mol. The Hall–Kier alpha value is -1.76. The van der Waals surface area contributed by atoms with Crippen LogP contribution in [-0.2, 0) is 9.59 Å². The number of halogens is 1. The molecule has 1 aromatic carbocycles. The van der Waals surface area contributed by atoms with Crippen molar-refractivity contribution in [3.8, 4) is 11.5 Å². The van der Waals surface area contributed by atoms with Crippen molar-refractivity contribution < 1.29 is 24.2 Å². The summed E-state index contributed by atoms with van der Waals surface area (Å²) in [4.78, 5) is 21.8. The van der Waals surface area contributed by atoms with Crippen molar-refractivity contribution in [2.75, 3.05) is 18.5 Å². The van der Waals surface area contributed by atoms with Gasteiger partial charge in [0.1, 0.15) is 19.6 Å². The van der Waals surface area contributed by atoms with E-state index in [1.54, 1.807) is 12.1 Å². The van der Waals surface area contributed by atoms with Gasteiger partial charge >= 0.3 is 5.97 Å². The number of rotatable bonds is 3. The van der Waals surface area contributed by atoms with Crippen LogP contribution in [0.25, 0.3) is 0 Å². The number of ether oxygens (including phenoxy) is 2. The number of anilines is 1. The molecule has 0 fully saturated rings. The van der Waals surface area contributed by atoms with Crippen molar-refractivity contribution in [2.45, 2.75) is 6.42 Å². The van der Waals surface area contributed by atoms with Crippen molar-refractivity contribution in [3.63, 3.8) is 0 Å². The third kappa shape index (κ3) is 2.92. The Morgan fingerprint density at radius 3 is 2.50 bits per heavy atom. The molecular weight excluding hydrogens is 306 g/mol. The Morgan fingerprint density at radius 2 is 1.89 bits per heavy atom. The topological polar surface area (TPSA) is 84.9 Å². The lowest BCUT2D eigenvalue weighted by molar-refractivity contribution is -0.139. The quantitative estimate of drug-likeness (QED) is 0.828. The largest absolute Gasteiger partial charge is 0.486 e. The van der Waals surface area contributed by atoms with Gasteiger partial charge in [-0.2, -0.15) is 0 Å². The molecule has 18 heavy (non-hydrogen) atoms. The number of benzene rings is 1. The molecule has 1 aliphatic rings. The molecule has 0 spiro atoms. The third-order valence-electron chi connectivity index (χ3n) is 2.22. The van der Waals surface area contributed by atoms with E-state index in [-0.39, 0.29) is 0 Å². The van der Waals surface area contributed by atoms with Crippen LogP contribution in [0.2, 0.25) is 0 Å². The van der Waals surface area contributed by atoms with Gasteiger partial charge in [-0.05, 0) is 15.9 Å². The lowest BCUT2D eigenvalue weighted by Gasteiger charge is -2.20. The van der Waals surface area contributed by atoms with Gasteiger partial charge in [-0.1, -0.05) is 0 Å². The van der Waals surface area contributed by atoms with Crippen LogP contribution in [0, 0.1) is 0 Å². The minimum absolute atomic E-state index is 0.442. The second kappa shape index (κ2) is 5.26. The highest BCUT2D eigenvalue weighted by atomic mass is 79.9. The average Bonchev–Trinajstić information content (AvgIpc) is 2.29. The number of carboxylic acids is 1. The fraction of sp³-hybridized carbons (Fsp3) is 0.273. The summed E-state index contributed by atoms with van der Waals surface area (Å²) in [6.45, 7) is 0.918. The number of carbonyl (C=O) groups is 2. The van der Waals surface area contributed by atoms with Gasteiger partial charge in [-0.15, -0.1) is 0 Å². The summed E-state index contributed by atoms with van der Waals surface area (Å²) >= 11 is 3.27. The summed E-state index contributed by atoms with van der Waals surface area (Å²) in [6, 6.07) is 3.27. The SMILES string of the molecule is O=C(O)CC(=O)Nc1cc2c(cc1Br)OCCO2. The van der Waals surface area contributed by atoms with E-state index in [4.69, 9.17) is 14.6 Å². The maximum absolute atomic E-state index is 11.4. The van der Waals surface area contributed by atoms with Crippen LogP contribution < -0.4 is 14.8 Å². The lowest BCUT2D eigenvalue weighted by atomic mass is 10.2. The van der Waals surface area contributed by atoms with Gasteiger partial charge in [0.25, 0.3) is 0 Å². The van der Waals surface area contributed by atoms with Gasteiger partial charge in [0.05, 0.1) is 5.69 Å². The zero-order chi connectivity index (χ0) is 13.1. The van der Waals surface area contributed by atoms with E-state index < -0.39 is 18.3 Å². The average molecular weight is 316 g/mol. The number of amides is 1. The third-order valence-corrected chi connectivity index (χ3v) is 2.87. The standard InChI is InChI=1S/C11H10BrNO5/c12-6-3-8-9(18-2-1-17-8)4-7(6)13-10(14)5-11(15)16/h3-4H,1-2,5H2,(H,13,14)(H,15,16). The van der Waals surface area contributed by atoms with Crippen molar-refractivity contribution in [1.82, 2.24) is 0 Å². The summed E-state index contributed by atoms with van der Waals surface area (Å²) < 4.78 is 11.3. The highest BCUT2D eigenvalue weighted by Gasteiger charge is 2.16. The van der Waals surface area contributed by atoms with E-state index in [1.807, 2.05) is 0 Å². The van der Waals surface area contributed by atoms with Crippen LogP contribution in [0.5, 0.6) is 11.5 Å². The summed E-state index contributed by atoms with van der Waals surface area (Å²) in [5.74, 6) is -0.666. The number of hydrogen-bond acceptors (Lipinski definition) is 4. The summed E-state index contributed by atoms with van der Waals surface area (Å²) in [7, 11) is 0. The zero-order valence-corrected chi connectivity index (χ0v) is 10.8. The van der Waals surface area contributed by atoms with Crippen LogP contribution in [0.1, 0.15) is 6.42 Å². The summed E-state index contributed by atoms with van der Waals surface area (Å²) in [6.07, 6.45) is -0.582. The molecule has 1 aromatic rings. The van der Waals surface area contributed by atoms with E-state index in [0.717, 1.165) is 0 Å². The first-order valence-corrected chi connectivity index (χ1v) is 5.96. The molecule has 6 nitrogen and oxygen atoms in total. The highest BCUT2D eigenvalue weighted by molar-refractivity contribution is 9.10. The van der Waals surface area contributed by atoms with Gasteiger partial charge < -0.3 is 19.9 Å². The smallest absolute Gasteiger partial charge is 0.312 e. The van der Waals surface area contributed by atoms with E-state index in [2.05, 4.69) is 21.2 Å². The monoisotopic (exact) mass is 315 g/mol. The maximum atomic E-state index is 11.4. The van der Waals surface area contributed by atoms with Crippen LogP contribution >= 0.6 is 15.9 Å². The highest BCUT2D eigenvalue weighted by Crippen LogP contribution is 2.38. The number of hydrogen-bond donors (Lipinski definition) is 2. The Bertz CT molecular complexity index is 502. The van der Waals surface area contributed by atoms with Crippen LogP contribution in [0.3, 0.4) is 0 Å². The Balaban J connectivity index is 2.18. The first kappa shape index (κ1) is 12.7. The molecule has 0 unspecified atom stereocenters. The van der Waals surface area contributed by atoms with Gasteiger partial charge in [-0.3, -0.25) is 9.59 Å². The van der Waals surface area contributed by atoms with E-state index >= 15 is 0 Å². The molecule has 1 aliphatic heterocycles. The zero-order valence-electron chi connectivity index (χ0n) is 9.23. The van der Waals surface area contributed by atoms with Gasteiger partial charge in [-0.25, -0.2) is 0 Å². The molecule has 0 saturated carbocycles. The van der Waals surface area contributed by atoms with Crippen molar-refractivity contribution in [2.24, 2.45) is 0 Å². The minimum atomic E-state index is -1.18. The molecule has 0 bridgehead atoms. The molecule has 0 radical (unpaired) electrons. The number of fused-ring (bicyclic) bond motifs is 1. The second-order valence-corrected chi connectivity index (χ2v) is 4.45. The molecule has 0 saturated heterocycles. The molecular formula is C11H10BrNO5. The molecule has 0 aromatic heterocycles. The Labute approximate surface area is 111 Å². The van der Waals surface area contributed by atoms with Crippen molar-refractivity contribution >= 4 is 33.5 Å². The van der Waals surface area contributed by atoms with Crippen molar-refractivity contribution in [3.05, 3.63) is 16.6 Å². The van der Waals surface area contributed by atoms with Gasteiger partial charge in [0.15, 0.2) is 11.5 Å². The predicted octanol–water partition coefficient (Wildman–Crippen LogP) is 1.63. The van der Waals surface area contributed by atoms with E-state index in [1.165, 1.54) is 0 Å².